The molecule has 0 saturated carbocycles. The third kappa shape index (κ3) is 9.63. The van der Waals surface area contributed by atoms with Gasteiger partial charge in [-0.2, -0.15) is 0 Å². The summed E-state index contributed by atoms with van der Waals surface area (Å²) in [6.45, 7) is 21.4. The quantitative estimate of drug-likeness (QED) is 0.165. The average molecular weight is 856 g/mol. The summed E-state index contributed by atoms with van der Waals surface area (Å²) >= 11 is 19.0. The number of thiophene rings is 4. The van der Waals surface area contributed by atoms with Crippen LogP contribution in [-0.2, 0) is 0 Å². The van der Waals surface area contributed by atoms with Crippen LogP contribution in [0.1, 0.15) is 110 Å². The van der Waals surface area contributed by atoms with Gasteiger partial charge in [-0.15, -0.1) is 45.3 Å². The molecule has 0 saturated heterocycles. The minimum Gasteiger partial charge on any atom is -0.207 e. The third-order valence-electron chi connectivity index (χ3n) is 9.18. The van der Waals surface area contributed by atoms with E-state index >= 15 is 0 Å². The smallest absolute Gasteiger partial charge is 0.141 e. The van der Waals surface area contributed by atoms with E-state index in [4.69, 9.17) is 23.2 Å². The molecule has 8 aromatic rings. The molecule has 0 atom stereocenters. The maximum Gasteiger partial charge on any atom is 0.141 e. The predicted molar refractivity (Wildman–Crippen MR) is 243 cm³/mol. The van der Waals surface area contributed by atoms with Crippen molar-refractivity contribution >= 4 is 109 Å². The maximum absolute atomic E-state index is 13.4. The lowest BCUT2D eigenvalue weighted by atomic mass is 10.1. The molecule has 290 valence electrons. The lowest BCUT2D eigenvalue weighted by molar-refractivity contribution is 0.629. The number of benzene rings is 4. The highest BCUT2D eigenvalue weighted by Gasteiger charge is 2.17. The van der Waals surface area contributed by atoms with Crippen LogP contribution in [0.3, 0.4) is 0 Å². The summed E-state index contributed by atoms with van der Waals surface area (Å²) in [6.07, 6.45) is 0. The van der Waals surface area contributed by atoms with Crippen LogP contribution in [0.2, 0.25) is 10.0 Å². The SMILES string of the molecule is CC(C)c1sc2c(F)cccc2c1Cl.CC(C)c1sc2cccc(F)c2c1Cl.Cc1c(C(C)C)sc2ccc(F)cc12.Cc1c(C(C)C)sc2ccccc12. The summed E-state index contributed by atoms with van der Waals surface area (Å²) in [4.78, 5) is 5.02. The first-order chi connectivity index (χ1) is 26.0. The standard InChI is InChI=1S/C12H13FS.C12H14S.2C11H10ClFS/c1-7(2)12-8(3)10-6-9(13)4-5-11(10)14-12;1-8(2)12-9(3)10-6-4-5-7-11(10)13-12;1-6(2)10-9(12)7-4-3-5-8(13)11(7)14-10;1-6(2)11-10(12)9-7(13)4-3-5-8(9)14-11/h4-7H,1-3H3;4-8H,1-3H3;2*3-6H,1-2H3. The molecule has 9 heteroatoms. The molecule has 4 aromatic carbocycles. The van der Waals surface area contributed by atoms with Gasteiger partial charge in [0, 0.05) is 44.4 Å². The van der Waals surface area contributed by atoms with E-state index in [1.54, 1.807) is 40.9 Å². The van der Waals surface area contributed by atoms with Crippen molar-refractivity contribution in [3.05, 3.63) is 137 Å². The molecule has 0 bridgehead atoms. The normalized spacial score (nSPS) is 11.5. The maximum atomic E-state index is 13.4. The number of aryl methyl sites for hydroxylation is 2. The summed E-state index contributed by atoms with van der Waals surface area (Å²) in [5, 5.41) is 5.19. The Morgan fingerprint density at radius 2 is 0.927 bits per heavy atom. The second-order valence-electron chi connectivity index (χ2n) is 14.7. The van der Waals surface area contributed by atoms with E-state index in [0.717, 1.165) is 25.2 Å². The third-order valence-corrected chi connectivity index (χ3v) is 16.3. The first-order valence-corrected chi connectivity index (χ1v) is 22.4. The van der Waals surface area contributed by atoms with Gasteiger partial charge < -0.3 is 0 Å². The van der Waals surface area contributed by atoms with Crippen molar-refractivity contribution in [3.8, 4) is 0 Å². The first-order valence-electron chi connectivity index (χ1n) is 18.4. The van der Waals surface area contributed by atoms with E-state index < -0.39 is 0 Å². The Morgan fingerprint density at radius 1 is 0.455 bits per heavy atom. The number of halogens is 5. The van der Waals surface area contributed by atoms with Crippen LogP contribution in [-0.4, -0.2) is 0 Å². The van der Waals surface area contributed by atoms with Crippen molar-refractivity contribution in [1.29, 1.82) is 0 Å². The largest absolute Gasteiger partial charge is 0.207 e. The molecule has 0 aliphatic heterocycles. The van der Waals surface area contributed by atoms with Gasteiger partial charge in [-0.3, -0.25) is 0 Å². The number of hydrogen-bond donors (Lipinski definition) is 0. The molecule has 55 heavy (non-hydrogen) atoms. The van der Waals surface area contributed by atoms with Crippen LogP contribution in [0.4, 0.5) is 13.2 Å². The second kappa shape index (κ2) is 18.6. The van der Waals surface area contributed by atoms with Gasteiger partial charge in [0.1, 0.15) is 17.5 Å². The molecule has 0 fully saturated rings. The topological polar surface area (TPSA) is 0 Å². The Morgan fingerprint density at radius 3 is 1.49 bits per heavy atom. The molecule has 0 unspecified atom stereocenters. The number of rotatable bonds is 4. The zero-order valence-electron chi connectivity index (χ0n) is 32.8. The van der Waals surface area contributed by atoms with Crippen molar-refractivity contribution in [2.45, 2.75) is 92.9 Å². The molecule has 4 aromatic heterocycles. The highest BCUT2D eigenvalue weighted by Crippen LogP contribution is 2.42. The lowest BCUT2D eigenvalue weighted by Gasteiger charge is -2.01. The van der Waals surface area contributed by atoms with Gasteiger partial charge in [0.25, 0.3) is 0 Å². The zero-order valence-corrected chi connectivity index (χ0v) is 37.6. The predicted octanol–water partition coefficient (Wildman–Crippen LogP) is 18.4. The molecule has 0 aliphatic rings. The molecule has 0 N–H and O–H groups in total. The Balaban J connectivity index is 0.000000141. The fourth-order valence-electron chi connectivity index (χ4n) is 6.41. The van der Waals surface area contributed by atoms with Gasteiger partial charge >= 0.3 is 0 Å². The van der Waals surface area contributed by atoms with Crippen molar-refractivity contribution < 1.29 is 13.2 Å². The first kappa shape index (κ1) is 43.2. The Labute approximate surface area is 349 Å². The van der Waals surface area contributed by atoms with Crippen LogP contribution < -0.4 is 0 Å². The van der Waals surface area contributed by atoms with Crippen LogP contribution in [0, 0.1) is 31.3 Å². The summed E-state index contributed by atoms with van der Waals surface area (Å²) in [5.41, 5.74) is 2.70. The molecule has 4 heterocycles. The van der Waals surface area contributed by atoms with Crippen molar-refractivity contribution in [3.63, 3.8) is 0 Å². The van der Waals surface area contributed by atoms with Crippen molar-refractivity contribution in [1.82, 2.24) is 0 Å². The summed E-state index contributed by atoms with van der Waals surface area (Å²) < 4.78 is 44.1. The minimum absolute atomic E-state index is 0.145. The molecule has 0 aliphatic carbocycles. The number of hydrogen-bond acceptors (Lipinski definition) is 4. The number of fused-ring (bicyclic) bond motifs is 4. The highest BCUT2D eigenvalue weighted by molar-refractivity contribution is 7.20. The molecule has 8 rings (SSSR count). The van der Waals surface area contributed by atoms with Crippen molar-refractivity contribution in [2.75, 3.05) is 0 Å². The molecule has 0 radical (unpaired) electrons. The van der Waals surface area contributed by atoms with Gasteiger partial charge in [-0.05, 0) is 102 Å². The van der Waals surface area contributed by atoms with E-state index in [1.165, 1.54) is 65.2 Å². The van der Waals surface area contributed by atoms with E-state index in [1.807, 2.05) is 29.5 Å². The lowest BCUT2D eigenvalue weighted by Crippen LogP contribution is -1.84. The Kier molecular flexibility index (Phi) is 14.6. The van der Waals surface area contributed by atoms with Gasteiger partial charge in [0.2, 0.25) is 0 Å². The second-order valence-corrected chi connectivity index (χ2v) is 19.8. The van der Waals surface area contributed by atoms with Crippen LogP contribution >= 0.6 is 68.5 Å². The van der Waals surface area contributed by atoms with E-state index in [2.05, 4.69) is 93.5 Å². The molecule has 0 spiro atoms. The van der Waals surface area contributed by atoms with Crippen LogP contribution in [0.5, 0.6) is 0 Å². The van der Waals surface area contributed by atoms with Gasteiger partial charge in [0.05, 0.1) is 14.7 Å². The molecular weight excluding hydrogens is 809 g/mol. The molecule has 0 nitrogen and oxygen atoms in total. The summed E-state index contributed by atoms with van der Waals surface area (Å²) in [7, 11) is 0. The van der Waals surface area contributed by atoms with Crippen LogP contribution in [0.15, 0.2) is 78.9 Å². The molecule has 0 amide bonds. The summed E-state index contributed by atoms with van der Waals surface area (Å²) in [5.74, 6) is 1.32. The van der Waals surface area contributed by atoms with E-state index in [0.29, 0.717) is 43.8 Å². The van der Waals surface area contributed by atoms with E-state index in [-0.39, 0.29) is 17.5 Å². The summed E-state index contributed by atoms with van der Waals surface area (Å²) in [6, 6.07) is 23.8. The minimum atomic E-state index is -0.226. The van der Waals surface area contributed by atoms with Crippen LogP contribution in [0.25, 0.3) is 40.3 Å². The highest BCUT2D eigenvalue weighted by atomic mass is 35.5. The fourth-order valence-corrected chi connectivity index (χ4v) is 12.2. The average Bonchev–Trinajstić information content (AvgIpc) is 3.87. The van der Waals surface area contributed by atoms with Gasteiger partial charge in [-0.1, -0.05) is 115 Å². The Hall–Kier alpha value is -2.91. The Bertz CT molecular complexity index is 2540. The van der Waals surface area contributed by atoms with Gasteiger partial charge in [-0.25, -0.2) is 13.2 Å². The zero-order chi connectivity index (χ0) is 40.3. The fraction of sp³-hybridized carbons (Fsp3) is 0.304. The monoisotopic (exact) mass is 854 g/mol. The molecular formula is C46H47Cl2F3S4. The van der Waals surface area contributed by atoms with E-state index in [9.17, 15) is 13.2 Å². The van der Waals surface area contributed by atoms with Crippen molar-refractivity contribution in [2.24, 2.45) is 0 Å². The van der Waals surface area contributed by atoms with Gasteiger partial charge in [0.15, 0.2) is 0 Å².